The zero-order valence-electron chi connectivity index (χ0n) is 10.5. The molecule has 0 amide bonds. The van der Waals surface area contributed by atoms with Crippen molar-refractivity contribution in [3.8, 4) is 0 Å². The first-order valence-electron chi connectivity index (χ1n) is 4.52. The summed E-state index contributed by atoms with van der Waals surface area (Å²) in [4.78, 5) is 19.8. The van der Waals surface area contributed by atoms with Crippen LogP contribution in [0.4, 0.5) is 26.3 Å². The lowest BCUT2D eigenvalue weighted by Gasteiger charge is -2.06. The standard InChI is InChI=1S/C5H2F6O2.C3H9O3P/c6-4(7,8)2(12)1-3(13)5(9,10)11;1-4-7(5-2)6-3/h1H2;1-3H3. The van der Waals surface area contributed by atoms with Crippen LogP contribution in [-0.2, 0) is 23.2 Å². The molecule has 0 saturated carbocycles. The smallest absolute Gasteiger partial charge is 0.316 e. The van der Waals surface area contributed by atoms with Crippen LogP contribution >= 0.6 is 8.60 Å². The summed E-state index contributed by atoms with van der Waals surface area (Å²) in [5, 5.41) is 0. The summed E-state index contributed by atoms with van der Waals surface area (Å²) in [5.41, 5.74) is 0. The highest BCUT2D eigenvalue weighted by molar-refractivity contribution is 7.41. The molecule has 0 aromatic carbocycles. The Balaban J connectivity index is 0. The SMILES string of the molecule is COP(OC)OC.O=C(CC(=O)C(F)(F)F)C(F)(F)F. The van der Waals surface area contributed by atoms with Gasteiger partial charge in [-0.3, -0.25) is 9.59 Å². The maximum absolute atomic E-state index is 11.3. The Morgan fingerprint density at radius 3 is 1.15 bits per heavy atom. The molecule has 0 aliphatic rings. The minimum absolute atomic E-state index is 1.05. The van der Waals surface area contributed by atoms with Crippen molar-refractivity contribution in [2.75, 3.05) is 21.3 Å². The van der Waals surface area contributed by atoms with E-state index in [0.717, 1.165) is 0 Å². The fourth-order valence-electron chi connectivity index (χ4n) is 0.570. The molecule has 5 nitrogen and oxygen atoms in total. The van der Waals surface area contributed by atoms with Gasteiger partial charge in [-0.2, -0.15) is 26.3 Å². The summed E-state index contributed by atoms with van der Waals surface area (Å²) < 4.78 is 82.0. The van der Waals surface area contributed by atoms with Crippen LogP contribution in [0.1, 0.15) is 6.42 Å². The highest BCUT2D eigenvalue weighted by Crippen LogP contribution is 2.35. The molecular formula is C8H11F6O5P. The van der Waals surface area contributed by atoms with Crippen molar-refractivity contribution < 1.29 is 49.5 Å². The number of hydrogen-bond acceptors (Lipinski definition) is 5. The third-order valence-corrected chi connectivity index (χ3v) is 2.30. The summed E-state index contributed by atoms with van der Waals surface area (Å²) in [6.07, 6.45) is -13.0. The van der Waals surface area contributed by atoms with E-state index in [9.17, 15) is 35.9 Å². The molecular weight excluding hydrogens is 321 g/mol. The van der Waals surface area contributed by atoms with Gasteiger partial charge in [0, 0.05) is 21.3 Å². The van der Waals surface area contributed by atoms with Crippen LogP contribution in [-0.4, -0.2) is 45.2 Å². The Morgan fingerprint density at radius 2 is 1.05 bits per heavy atom. The van der Waals surface area contributed by atoms with Crippen LogP contribution in [0, 0.1) is 0 Å². The quantitative estimate of drug-likeness (QED) is 0.440. The molecule has 20 heavy (non-hydrogen) atoms. The zero-order valence-corrected chi connectivity index (χ0v) is 11.4. The number of Topliss-reactive ketones (excluding diaryl/α,β-unsaturated/α-hetero) is 2. The molecule has 0 atom stereocenters. The summed E-state index contributed by atoms with van der Waals surface area (Å²) >= 11 is 0. The number of halogens is 6. The molecule has 0 aromatic rings. The van der Waals surface area contributed by atoms with Gasteiger partial charge in [0.1, 0.15) is 0 Å². The van der Waals surface area contributed by atoms with E-state index in [-0.39, 0.29) is 0 Å². The Morgan fingerprint density at radius 1 is 0.800 bits per heavy atom. The lowest BCUT2D eigenvalue weighted by Crippen LogP contribution is -2.31. The van der Waals surface area contributed by atoms with E-state index in [1.165, 1.54) is 0 Å². The predicted octanol–water partition coefficient (Wildman–Crippen LogP) is 2.79. The molecule has 0 aliphatic heterocycles. The number of carbonyl (C=O) groups is 2. The lowest BCUT2D eigenvalue weighted by atomic mass is 10.2. The zero-order chi connectivity index (χ0) is 16.6. The van der Waals surface area contributed by atoms with E-state index >= 15 is 0 Å². The van der Waals surface area contributed by atoms with Crippen LogP contribution in [0.15, 0.2) is 0 Å². The molecule has 0 aromatic heterocycles. The van der Waals surface area contributed by atoms with E-state index in [4.69, 9.17) is 0 Å². The number of rotatable bonds is 5. The Kier molecular flexibility index (Phi) is 9.92. The maximum Gasteiger partial charge on any atom is 0.450 e. The highest BCUT2D eigenvalue weighted by Gasteiger charge is 2.46. The van der Waals surface area contributed by atoms with Crippen LogP contribution in [0.2, 0.25) is 0 Å². The number of hydrogen-bond donors (Lipinski definition) is 0. The molecule has 0 aliphatic carbocycles. The molecule has 0 N–H and O–H groups in total. The van der Waals surface area contributed by atoms with Gasteiger partial charge in [-0.1, -0.05) is 0 Å². The van der Waals surface area contributed by atoms with Gasteiger partial charge >= 0.3 is 21.0 Å². The van der Waals surface area contributed by atoms with Gasteiger partial charge in [-0.25, -0.2) is 0 Å². The Bertz CT molecular complexity index is 282. The van der Waals surface area contributed by atoms with Gasteiger partial charge in [0.25, 0.3) is 0 Å². The van der Waals surface area contributed by atoms with E-state index < -0.39 is 38.9 Å². The Labute approximate surface area is 111 Å². The lowest BCUT2D eigenvalue weighted by molar-refractivity contribution is -0.182. The van der Waals surface area contributed by atoms with Gasteiger partial charge in [0.05, 0.1) is 6.42 Å². The molecule has 120 valence electrons. The second-order valence-corrected chi connectivity index (χ2v) is 4.33. The minimum atomic E-state index is -5.40. The summed E-state index contributed by atoms with van der Waals surface area (Å²) in [7, 11) is 3.57. The Hall–Kier alpha value is -0.770. The van der Waals surface area contributed by atoms with E-state index in [0.29, 0.717) is 0 Å². The van der Waals surface area contributed by atoms with Crippen LogP contribution in [0.5, 0.6) is 0 Å². The first-order chi connectivity index (χ1) is 8.89. The van der Waals surface area contributed by atoms with Crippen molar-refractivity contribution in [3.05, 3.63) is 0 Å². The number of alkyl halides is 6. The van der Waals surface area contributed by atoms with Crippen molar-refractivity contribution in [1.29, 1.82) is 0 Å². The average Bonchev–Trinajstić information content (AvgIpc) is 2.29. The summed E-state index contributed by atoms with van der Waals surface area (Å²) in [6, 6.07) is 0. The van der Waals surface area contributed by atoms with Gasteiger partial charge in [-0.15, -0.1) is 0 Å². The molecule has 0 heterocycles. The van der Waals surface area contributed by atoms with E-state index in [1.807, 2.05) is 0 Å². The van der Waals surface area contributed by atoms with Gasteiger partial charge in [-0.05, 0) is 0 Å². The molecule has 0 unspecified atom stereocenters. The molecule has 0 rings (SSSR count). The molecule has 12 heteroatoms. The van der Waals surface area contributed by atoms with Gasteiger partial charge in [0.15, 0.2) is 0 Å². The maximum atomic E-state index is 11.3. The summed E-state index contributed by atoms with van der Waals surface area (Å²) in [5.74, 6) is -5.40. The van der Waals surface area contributed by atoms with Gasteiger partial charge < -0.3 is 13.6 Å². The molecule has 0 bridgehead atoms. The average molecular weight is 332 g/mol. The fraction of sp³-hybridized carbons (Fsp3) is 0.750. The normalized spacial score (nSPS) is 11.9. The largest absolute Gasteiger partial charge is 0.450 e. The first-order valence-corrected chi connectivity index (χ1v) is 5.62. The van der Waals surface area contributed by atoms with Crippen molar-refractivity contribution >= 4 is 20.2 Å². The van der Waals surface area contributed by atoms with Crippen molar-refractivity contribution in [2.45, 2.75) is 18.8 Å². The third kappa shape index (κ3) is 10.1. The van der Waals surface area contributed by atoms with Crippen LogP contribution in [0.3, 0.4) is 0 Å². The van der Waals surface area contributed by atoms with E-state index in [2.05, 4.69) is 13.6 Å². The second-order valence-electron chi connectivity index (χ2n) is 2.79. The molecule has 0 radical (unpaired) electrons. The van der Waals surface area contributed by atoms with E-state index in [1.54, 1.807) is 21.3 Å². The molecule has 0 saturated heterocycles. The van der Waals surface area contributed by atoms with Crippen molar-refractivity contribution in [3.63, 3.8) is 0 Å². The number of carbonyl (C=O) groups excluding carboxylic acids is 2. The number of ketones is 2. The second kappa shape index (κ2) is 9.22. The predicted molar refractivity (Wildman–Crippen MR) is 54.7 cm³/mol. The topological polar surface area (TPSA) is 61.8 Å². The van der Waals surface area contributed by atoms with Crippen LogP contribution < -0.4 is 0 Å². The van der Waals surface area contributed by atoms with Crippen molar-refractivity contribution in [1.82, 2.24) is 0 Å². The monoisotopic (exact) mass is 332 g/mol. The molecule has 0 fully saturated rings. The minimum Gasteiger partial charge on any atom is -0.316 e. The van der Waals surface area contributed by atoms with Crippen LogP contribution in [0.25, 0.3) is 0 Å². The highest BCUT2D eigenvalue weighted by atomic mass is 31.2. The fourth-order valence-corrected chi connectivity index (χ4v) is 1.02. The molecule has 0 spiro atoms. The first kappa shape index (κ1) is 21.5. The summed E-state index contributed by atoms with van der Waals surface area (Å²) in [6.45, 7) is 0. The van der Waals surface area contributed by atoms with Gasteiger partial charge in [0.2, 0.25) is 11.6 Å². The third-order valence-electron chi connectivity index (χ3n) is 1.40. The van der Waals surface area contributed by atoms with Crippen molar-refractivity contribution in [2.24, 2.45) is 0 Å².